The van der Waals surface area contributed by atoms with E-state index in [1.165, 1.54) is 64.2 Å². The minimum absolute atomic E-state index is 0.000383. The van der Waals surface area contributed by atoms with E-state index in [9.17, 15) is 34.2 Å². The number of carbonyl (C=O) groups is 5. The number of hydrogen-bond acceptors (Lipinski definition) is 11. The van der Waals surface area contributed by atoms with E-state index in [1.807, 2.05) is 0 Å². The van der Waals surface area contributed by atoms with E-state index in [4.69, 9.17) is 23.8 Å². The van der Waals surface area contributed by atoms with Crippen LogP contribution >= 0.6 is 0 Å². The van der Waals surface area contributed by atoms with Crippen LogP contribution in [0.1, 0.15) is 205 Å². The maximum atomic E-state index is 13.6. The van der Waals surface area contributed by atoms with Crippen LogP contribution in [0.5, 0.6) is 0 Å². The first-order valence-corrected chi connectivity index (χ1v) is 28.8. The van der Waals surface area contributed by atoms with Crippen molar-refractivity contribution in [2.24, 2.45) is 59.2 Å². The van der Waals surface area contributed by atoms with Crippen molar-refractivity contribution >= 4 is 29.8 Å². The highest BCUT2D eigenvalue weighted by Crippen LogP contribution is 2.42. The Morgan fingerprint density at radius 1 is 0.414 bits per heavy atom. The molecule has 4 N–H and O–H groups in total. The minimum Gasteiger partial charge on any atom is -0.481 e. The van der Waals surface area contributed by atoms with Gasteiger partial charge in [0.1, 0.15) is 0 Å². The number of ether oxygens (including phenoxy) is 4. The number of rotatable bonds is 19. The number of carboxylic acids is 2. The molecule has 0 aromatic heterocycles. The zero-order valence-corrected chi connectivity index (χ0v) is 42.5. The second-order valence-electron chi connectivity index (χ2n) is 23.8. The molecule has 0 saturated heterocycles. The largest absolute Gasteiger partial charge is 0.481 e. The summed E-state index contributed by atoms with van der Waals surface area (Å²) < 4.78 is 24.9. The summed E-state index contributed by atoms with van der Waals surface area (Å²) in [5.74, 6) is -2.91. The lowest BCUT2D eigenvalue weighted by atomic mass is 9.72. The van der Waals surface area contributed by atoms with Gasteiger partial charge >= 0.3 is 23.9 Å². The first-order chi connectivity index (χ1) is 34.0. The van der Waals surface area contributed by atoms with E-state index in [2.05, 4.69) is 10.8 Å². The summed E-state index contributed by atoms with van der Waals surface area (Å²) in [5, 5.41) is 23.1. The zero-order valence-electron chi connectivity index (χ0n) is 42.5. The first-order valence-electron chi connectivity index (χ1n) is 28.8. The van der Waals surface area contributed by atoms with Gasteiger partial charge in [0, 0.05) is 12.1 Å². The molecule has 0 bridgehead atoms. The Labute approximate surface area is 418 Å². The Balaban J connectivity index is 0.661. The van der Waals surface area contributed by atoms with E-state index < -0.39 is 35.6 Å². The Kier molecular flexibility index (Phi) is 20.6. The molecule has 6 unspecified atom stereocenters. The molecule has 0 spiro atoms. The summed E-state index contributed by atoms with van der Waals surface area (Å²) in [6.45, 7) is 1.22. The van der Waals surface area contributed by atoms with Crippen LogP contribution in [0, 0.1) is 59.2 Å². The monoisotopic (exact) mass is 983 g/mol. The molecule has 14 heteroatoms. The fourth-order valence-corrected chi connectivity index (χ4v) is 14.5. The standard InChI is InChI=1S/C56H90N2O12/c59-52(51-32-41(16-30-50(51)54(62)63)56(65)67-34-37-9-5-2-6-10-37)57-43-17-25-47(26-18-43)69-45-21-11-38(12-22-45)39-13-23-46(24-14-39)70-48-27-19-44(20-28-48)58-68-35-42-31-40(15-29-49(42)53(60)61)55(64)66-33-36-7-3-1-4-8-36/h36-51,58H,1-35H2,(H,57,59)(H,60,61)(H,62,63). The number of aliphatic carboxylic acids is 2. The van der Waals surface area contributed by atoms with Crippen molar-refractivity contribution in [1.82, 2.24) is 10.8 Å². The molecule has 8 saturated carbocycles. The number of carboxylic acid groups (broad SMARTS) is 2. The molecule has 0 heterocycles. The van der Waals surface area contributed by atoms with E-state index in [0.29, 0.717) is 69.4 Å². The van der Waals surface area contributed by atoms with Gasteiger partial charge < -0.3 is 39.3 Å². The summed E-state index contributed by atoms with van der Waals surface area (Å²) >= 11 is 0. The molecule has 0 aliphatic heterocycles. The van der Waals surface area contributed by atoms with Crippen LogP contribution in [0.15, 0.2) is 0 Å². The number of amides is 1. The molecule has 8 fully saturated rings. The third kappa shape index (κ3) is 15.6. The summed E-state index contributed by atoms with van der Waals surface area (Å²) in [6, 6.07) is 0.215. The fraction of sp³-hybridized carbons (Fsp3) is 0.911. The number of hydrogen-bond donors (Lipinski definition) is 4. The van der Waals surface area contributed by atoms with Gasteiger partial charge in [0.15, 0.2) is 0 Å². The number of hydroxylamine groups is 1. The Bertz CT molecular complexity index is 1650. The lowest BCUT2D eigenvalue weighted by Gasteiger charge is -2.40. The smallest absolute Gasteiger partial charge is 0.308 e. The third-order valence-corrected chi connectivity index (χ3v) is 19.0. The highest BCUT2D eigenvalue weighted by molar-refractivity contribution is 5.86. The van der Waals surface area contributed by atoms with Gasteiger partial charge in [-0.1, -0.05) is 38.5 Å². The van der Waals surface area contributed by atoms with Gasteiger partial charge in [0.05, 0.1) is 73.8 Å². The number of carbonyl (C=O) groups excluding carboxylic acids is 3. The van der Waals surface area contributed by atoms with Crippen molar-refractivity contribution in [3.05, 3.63) is 0 Å². The number of nitrogens with one attached hydrogen (secondary N) is 2. The molecular weight excluding hydrogens is 893 g/mol. The molecule has 14 nitrogen and oxygen atoms in total. The van der Waals surface area contributed by atoms with E-state index in [0.717, 1.165) is 115 Å². The third-order valence-electron chi connectivity index (χ3n) is 19.0. The molecule has 70 heavy (non-hydrogen) atoms. The van der Waals surface area contributed by atoms with Gasteiger partial charge in [0.2, 0.25) is 5.91 Å². The van der Waals surface area contributed by atoms with Crippen LogP contribution in [0.25, 0.3) is 0 Å². The molecule has 0 aromatic carbocycles. The van der Waals surface area contributed by atoms with Crippen molar-refractivity contribution in [2.45, 2.75) is 242 Å². The predicted octanol–water partition coefficient (Wildman–Crippen LogP) is 9.88. The molecule has 8 rings (SSSR count). The lowest BCUT2D eigenvalue weighted by Crippen LogP contribution is -2.47. The highest BCUT2D eigenvalue weighted by atomic mass is 16.6. The van der Waals surface area contributed by atoms with Gasteiger partial charge in [-0.25, -0.2) is 0 Å². The molecule has 0 aromatic rings. The molecule has 8 aliphatic carbocycles. The van der Waals surface area contributed by atoms with E-state index in [1.54, 1.807) is 0 Å². The normalized spacial score (nSPS) is 37.1. The second-order valence-corrected chi connectivity index (χ2v) is 23.8. The van der Waals surface area contributed by atoms with Crippen LogP contribution < -0.4 is 10.8 Å². The quantitative estimate of drug-likeness (QED) is 0.0706. The summed E-state index contributed by atoms with van der Waals surface area (Å²) in [6.07, 6.45) is 32.1. The van der Waals surface area contributed by atoms with Crippen molar-refractivity contribution in [3.63, 3.8) is 0 Å². The van der Waals surface area contributed by atoms with Gasteiger partial charge in [-0.15, -0.1) is 0 Å². The van der Waals surface area contributed by atoms with Crippen molar-refractivity contribution in [1.29, 1.82) is 0 Å². The Morgan fingerprint density at radius 2 is 0.843 bits per heavy atom. The molecular formula is C56H90N2O12. The van der Waals surface area contributed by atoms with Gasteiger partial charge in [-0.05, 0) is 197 Å². The van der Waals surface area contributed by atoms with Crippen molar-refractivity contribution in [3.8, 4) is 0 Å². The topological polar surface area (TPSA) is 196 Å². The molecule has 6 atom stereocenters. The van der Waals surface area contributed by atoms with E-state index >= 15 is 0 Å². The van der Waals surface area contributed by atoms with Crippen LogP contribution in [-0.4, -0.2) is 96.3 Å². The minimum atomic E-state index is -0.957. The van der Waals surface area contributed by atoms with Crippen LogP contribution in [0.3, 0.4) is 0 Å². The van der Waals surface area contributed by atoms with Crippen molar-refractivity contribution in [2.75, 3.05) is 19.8 Å². The van der Waals surface area contributed by atoms with Crippen LogP contribution in [-0.2, 0) is 47.8 Å². The van der Waals surface area contributed by atoms with Gasteiger partial charge in [-0.2, -0.15) is 5.48 Å². The fourth-order valence-electron chi connectivity index (χ4n) is 14.5. The Hall–Kier alpha value is -2.81. The maximum absolute atomic E-state index is 13.6. The maximum Gasteiger partial charge on any atom is 0.308 e. The number of esters is 2. The first kappa shape index (κ1) is 53.5. The van der Waals surface area contributed by atoms with E-state index in [-0.39, 0.29) is 67.0 Å². The summed E-state index contributed by atoms with van der Waals surface area (Å²) in [4.78, 5) is 69.8. The average Bonchev–Trinajstić information content (AvgIpc) is 3.39. The molecule has 0 radical (unpaired) electrons. The lowest BCUT2D eigenvalue weighted by molar-refractivity contribution is -0.158. The second kappa shape index (κ2) is 26.9. The van der Waals surface area contributed by atoms with Crippen LogP contribution in [0.4, 0.5) is 0 Å². The van der Waals surface area contributed by atoms with Gasteiger partial charge in [-0.3, -0.25) is 24.0 Å². The predicted molar refractivity (Wildman–Crippen MR) is 262 cm³/mol. The SMILES string of the molecule is O=C(OCC1CCCCC1)C1CCC(C(=O)O)C(CONC2CCC(OC3CCC(C4CCC(OC5CCC(NC(=O)C6CC(C(=O)OCC7CCCCC7)CCC6C(=O)O)CC5)CC4)CC3)CC2)C1. The average molecular weight is 983 g/mol. The van der Waals surface area contributed by atoms with Gasteiger partial charge in [0.25, 0.3) is 0 Å². The molecule has 8 aliphatic rings. The summed E-state index contributed by atoms with van der Waals surface area (Å²) in [5.41, 5.74) is 3.25. The molecule has 396 valence electrons. The van der Waals surface area contributed by atoms with Crippen LogP contribution in [0.2, 0.25) is 0 Å². The summed E-state index contributed by atoms with van der Waals surface area (Å²) in [7, 11) is 0. The Morgan fingerprint density at radius 3 is 1.31 bits per heavy atom. The zero-order chi connectivity index (χ0) is 48.8. The highest BCUT2D eigenvalue weighted by Gasteiger charge is 2.44. The van der Waals surface area contributed by atoms with Crippen molar-refractivity contribution < 1.29 is 58.0 Å². The molecule has 1 amide bonds.